The normalized spacial score (nSPS) is 14.2. The topological polar surface area (TPSA) is 60.2 Å². The first-order valence-electron chi connectivity index (χ1n) is 6.39. The molecule has 0 bridgehead atoms. The van der Waals surface area contributed by atoms with E-state index >= 15 is 0 Å². The average molecular weight is 388 g/mol. The predicted molar refractivity (Wildman–Crippen MR) is 79.6 cm³/mol. The van der Waals surface area contributed by atoms with Crippen LogP contribution in [0.3, 0.4) is 0 Å². The van der Waals surface area contributed by atoms with E-state index in [1.54, 1.807) is 6.92 Å². The van der Waals surface area contributed by atoms with Crippen LogP contribution in [0.4, 0.5) is 13.2 Å². The summed E-state index contributed by atoms with van der Waals surface area (Å²) in [6.45, 7) is 1.55. The highest BCUT2D eigenvalue weighted by atomic mass is 79.9. The van der Waals surface area contributed by atoms with Crippen LogP contribution in [-0.2, 0) is 16.0 Å². The highest BCUT2D eigenvalue weighted by Crippen LogP contribution is 2.34. The van der Waals surface area contributed by atoms with E-state index in [4.69, 9.17) is 5.73 Å². The lowest BCUT2D eigenvalue weighted by molar-refractivity contribution is -0.137. The fourth-order valence-corrected chi connectivity index (χ4v) is 3.26. The Balaban J connectivity index is 2.80. The van der Waals surface area contributed by atoms with Gasteiger partial charge in [-0.3, -0.25) is 0 Å². The molecule has 1 aromatic rings. The third-order valence-electron chi connectivity index (χ3n) is 3.13. The zero-order valence-electron chi connectivity index (χ0n) is 11.5. The van der Waals surface area contributed by atoms with Gasteiger partial charge in [-0.05, 0) is 36.6 Å². The van der Waals surface area contributed by atoms with Crippen molar-refractivity contribution in [3.05, 3.63) is 33.8 Å². The van der Waals surface area contributed by atoms with E-state index in [2.05, 4.69) is 15.9 Å². The molecule has 0 aliphatic heterocycles. The van der Waals surface area contributed by atoms with Crippen molar-refractivity contribution in [2.24, 2.45) is 5.73 Å². The summed E-state index contributed by atoms with van der Waals surface area (Å²) in [7, 11) is -3.09. The highest BCUT2D eigenvalue weighted by molar-refractivity contribution is 9.10. The minimum Gasteiger partial charge on any atom is -0.324 e. The Bertz CT molecular complexity index is 588. The van der Waals surface area contributed by atoms with Gasteiger partial charge >= 0.3 is 6.18 Å². The number of hydrogen-bond donors (Lipinski definition) is 1. The molecule has 0 aromatic heterocycles. The lowest BCUT2D eigenvalue weighted by atomic mass is 10.0. The first kappa shape index (κ1) is 18.4. The summed E-state index contributed by atoms with van der Waals surface area (Å²) < 4.78 is 61.3. The molecule has 1 rings (SSSR count). The van der Waals surface area contributed by atoms with Crippen molar-refractivity contribution >= 4 is 25.8 Å². The van der Waals surface area contributed by atoms with Gasteiger partial charge < -0.3 is 5.73 Å². The second kappa shape index (κ2) is 7.11. The quantitative estimate of drug-likeness (QED) is 0.809. The lowest BCUT2D eigenvalue weighted by Crippen LogP contribution is -2.16. The zero-order valence-corrected chi connectivity index (χ0v) is 13.9. The van der Waals surface area contributed by atoms with E-state index in [1.807, 2.05) is 0 Å². The number of hydrogen-bond acceptors (Lipinski definition) is 3. The SMILES string of the molecule is CCS(=O)(=O)CCCC(N)c1cc(C(F)(F)F)ccc1Br. The molecular formula is C13H17BrF3NO2S. The molecule has 0 aliphatic carbocycles. The molecule has 1 atom stereocenters. The molecule has 3 nitrogen and oxygen atoms in total. The number of sulfone groups is 1. The van der Waals surface area contributed by atoms with Crippen molar-refractivity contribution in [2.75, 3.05) is 11.5 Å². The predicted octanol–water partition coefficient (Wildman–Crippen LogP) is 3.68. The van der Waals surface area contributed by atoms with Gasteiger partial charge in [-0.25, -0.2) is 8.42 Å². The van der Waals surface area contributed by atoms with Crippen LogP contribution >= 0.6 is 15.9 Å². The molecule has 0 amide bonds. The number of nitrogens with two attached hydrogens (primary N) is 1. The number of benzene rings is 1. The van der Waals surface area contributed by atoms with Crippen molar-refractivity contribution < 1.29 is 21.6 Å². The molecular weight excluding hydrogens is 371 g/mol. The Morgan fingerprint density at radius 2 is 1.95 bits per heavy atom. The van der Waals surface area contributed by atoms with Crippen LogP contribution in [-0.4, -0.2) is 19.9 Å². The van der Waals surface area contributed by atoms with Crippen LogP contribution in [0.25, 0.3) is 0 Å². The summed E-state index contributed by atoms with van der Waals surface area (Å²) in [6, 6.07) is 2.64. The Kier molecular flexibility index (Phi) is 6.24. The van der Waals surface area contributed by atoms with Crippen molar-refractivity contribution in [3.8, 4) is 0 Å². The highest BCUT2D eigenvalue weighted by Gasteiger charge is 2.31. The maximum Gasteiger partial charge on any atom is 0.416 e. The van der Waals surface area contributed by atoms with E-state index in [9.17, 15) is 21.6 Å². The van der Waals surface area contributed by atoms with Gasteiger partial charge in [0.05, 0.1) is 11.3 Å². The molecule has 0 aliphatic rings. The molecule has 0 fully saturated rings. The van der Waals surface area contributed by atoms with Crippen molar-refractivity contribution in [1.82, 2.24) is 0 Å². The molecule has 1 aromatic carbocycles. The minimum absolute atomic E-state index is 0.00617. The molecule has 120 valence electrons. The molecule has 0 saturated carbocycles. The van der Waals surface area contributed by atoms with E-state index < -0.39 is 27.6 Å². The summed E-state index contributed by atoms with van der Waals surface area (Å²) in [6.07, 6.45) is -3.81. The molecule has 8 heteroatoms. The first-order chi connectivity index (χ1) is 9.57. The fraction of sp³-hybridized carbons (Fsp3) is 0.538. The van der Waals surface area contributed by atoms with Crippen LogP contribution in [0.15, 0.2) is 22.7 Å². The summed E-state index contributed by atoms with van der Waals surface area (Å²) in [5.74, 6) is 0.0449. The summed E-state index contributed by atoms with van der Waals surface area (Å²) in [5.41, 5.74) is 5.45. The van der Waals surface area contributed by atoms with Crippen LogP contribution in [0.1, 0.15) is 36.9 Å². The summed E-state index contributed by atoms with van der Waals surface area (Å²) in [5, 5.41) is 0. The van der Waals surface area contributed by atoms with Gasteiger partial charge in [0.1, 0.15) is 9.84 Å². The van der Waals surface area contributed by atoms with Crippen molar-refractivity contribution in [3.63, 3.8) is 0 Å². The second-order valence-corrected chi connectivity index (χ2v) is 8.05. The van der Waals surface area contributed by atoms with Crippen LogP contribution in [0.2, 0.25) is 0 Å². The van der Waals surface area contributed by atoms with Gasteiger partial charge in [-0.2, -0.15) is 13.2 Å². The van der Waals surface area contributed by atoms with E-state index in [0.29, 0.717) is 22.9 Å². The maximum absolute atomic E-state index is 12.7. The molecule has 0 spiro atoms. The molecule has 0 radical (unpaired) electrons. The number of halogens is 4. The molecule has 1 unspecified atom stereocenters. The standard InChI is InChI=1S/C13H17BrF3NO2S/c1-2-21(19,20)7-3-4-12(18)10-8-9(13(15,16)17)5-6-11(10)14/h5-6,8,12H,2-4,7,18H2,1H3. The van der Waals surface area contributed by atoms with Gasteiger partial charge in [0.2, 0.25) is 0 Å². The molecule has 0 saturated heterocycles. The second-order valence-electron chi connectivity index (χ2n) is 4.72. The zero-order chi connectivity index (χ0) is 16.3. The van der Waals surface area contributed by atoms with Crippen LogP contribution in [0.5, 0.6) is 0 Å². The number of rotatable bonds is 6. The third-order valence-corrected chi connectivity index (χ3v) is 5.65. The van der Waals surface area contributed by atoms with Crippen LogP contribution < -0.4 is 5.73 Å². The van der Waals surface area contributed by atoms with Crippen LogP contribution in [0, 0.1) is 0 Å². The van der Waals surface area contributed by atoms with Gasteiger partial charge in [-0.15, -0.1) is 0 Å². The third kappa shape index (κ3) is 5.60. The molecule has 2 N–H and O–H groups in total. The number of alkyl halides is 3. The minimum atomic E-state index is -4.43. The van der Waals surface area contributed by atoms with E-state index in [1.165, 1.54) is 6.07 Å². The van der Waals surface area contributed by atoms with Gasteiger partial charge in [0.15, 0.2) is 0 Å². The first-order valence-corrected chi connectivity index (χ1v) is 9.01. The van der Waals surface area contributed by atoms with Crippen molar-refractivity contribution in [2.45, 2.75) is 32.0 Å². The van der Waals surface area contributed by atoms with Gasteiger partial charge in [0.25, 0.3) is 0 Å². The smallest absolute Gasteiger partial charge is 0.324 e. The Morgan fingerprint density at radius 3 is 2.48 bits per heavy atom. The van der Waals surface area contributed by atoms with Crippen molar-refractivity contribution in [1.29, 1.82) is 0 Å². The Hall–Kier alpha value is -0.600. The molecule has 0 heterocycles. The Morgan fingerprint density at radius 1 is 1.33 bits per heavy atom. The monoisotopic (exact) mass is 387 g/mol. The molecule has 21 heavy (non-hydrogen) atoms. The fourth-order valence-electron chi connectivity index (χ4n) is 1.83. The van der Waals surface area contributed by atoms with E-state index in [0.717, 1.165) is 12.1 Å². The Labute approximate surface area is 130 Å². The van der Waals surface area contributed by atoms with Gasteiger partial charge in [-0.1, -0.05) is 22.9 Å². The lowest BCUT2D eigenvalue weighted by Gasteiger charge is -2.16. The summed E-state index contributed by atoms with van der Waals surface area (Å²) >= 11 is 3.18. The largest absolute Gasteiger partial charge is 0.416 e. The summed E-state index contributed by atoms with van der Waals surface area (Å²) in [4.78, 5) is 0. The average Bonchev–Trinajstić information content (AvgIpc) is 2.37. The van der Waals surface area contributed by atoms with Gasteiger partial charge in [0, 0.05) is 16.3 Å². The van der Waals surface area contributed by atoms with E-state index in [-0.39, 0.29) is 11.5 Å². The maximum atomic E-state index is 12.7.